The van der Waals surface area contributed by atoms with Crippen LogP contribution in [-0.2, 0) is 11.3 Å². The summed E-state index contributed by atoms with van der Waals surface area (Å²) in [5, 5.41) is 15.0. The third-order valence-electron chi connectivity index (χ3n) is 3.80. The van der Waals surface area contributed by atoms with Gasteiger partial charge in [-0.05, 0) is 43.5 Å². The number of aryl methyl sites for hydroxylation is 3. The van der Waals surface area contributed by atoms with Crippen LogP contribution in [0.15, 0.2) is 54.2 Å². The molecular weight excluding hydrogens is 298 g/mol. The lowest BCUT2D eigenvalue weighted by Crippen LogP contribution is -2.17. The van der Waals surface area contributed by atoms with E-state index in [9.17, 15) is 10.1 Å². The second-order valence-corrected chi connectivity index (χ2v) is 5.75. The number of amides is 1. The summed E-state index contributed by atoms with van der Waals surface area (Å²) in [5.41, 5.74) is 5.14. The molecule has 0 aliphatic heterocycles. The number of rotatable bonds is 5. The van der Waals surface area contributed by atoms with E-state index in [1.165, 1.54) is 6.20 Å². The van der Waals surface area contributed by atoms with Crippen molar-refractivity contribution in [3.8, 4) is 6.07 Å². The Morgan fingerprint density at radius 1 is 1.12 bits per heavy atom. The van der Waals surface area contributed by atoms with E-state index in [4.69, 9.17) is 0 Å². The van der Waals surface area contributed by atoms with E-state index < -0.39 is 5.91 Å². The molecule has 0 heterocycles. The normalized spacial score (nSPS) is 10.8. The van der Waals surface area contributed by atoms with Gasteiger partial charge in [0.2, 0.25) is 0 Å². The van der Waals surface area contributed by atoms with Crippen LogP contribution in [0.1, 0.15) is 22.3 Å². The maximum absolute atomic E-state index is 12.2. The first-order valence-electron chi connectivity index (χ1n) is 7.78. The molecule has 1 amide bonds. The molecular formula is C20H21N3O. The number of anilines is 1. The standard InChI is InChI=1S/C20H21N3O/c1-14-8-9-19(16(3)10-14)23-20(24)18(11-21)13-22-12-17-7-5-4-6-15(17)2/h4-10,13,22H,12H2,1-3H3,(H,23,24)/b18-13-. The van der Waals surface area contributed by atoms with Gasteiger partial charge in [-0.1, -0.05) is 42.0 Å². The summed E-state index contributed by atoms with van der Waals surface area (Å²) in [5.74, 6) is -0.415. The number of benzene rings is 2. The van der Waals surface area contributed by atoms with Crippen LogP contribution >= 0.6 is 0 Å². The zero-order chi connectivity index (χ0) is 17.5. The minimum absolute atomic E-state index is 0.0450. The number of hydrogen-bond donors (Lipinski definition) is 2. The number of nitrogens with zero attached hydrogens (tertiary/aromatic N) is 1. The van der Waals surface area contributed by atoms with Gasteiger partial charge in [-0.15, -0.1) is 0 Å². The molecule has 4 heteroatoms. The molecule has 0 saturated heterocycles. The third-order valence-corrected chi connectivity index (χ3v) is 3.80. The van der Waals surface area contributed by atoms with Crippen molar-refractivity contribution in [1.82, 2.24) is 5.32 Å². The molecule has 0 bridgehead atoms. The number of carbonyl (C=O) groups excluding carboxylic acids is 1. The molecule has 0 spiro atoms. The van der Waals surface area contributed by atoms with Crippen molar-refractivity contribution in [2.24, 2.45) is 0 Å². The summed E-state index contributed by atoms with van der Waals surface area (Å²) >= 11 is 0. The molecule has 0 unspecified atom stereocenters. The highest BCUT2D eigenvalue weighted by molar-refractivity contribution is 6.06. The van der Waals surface area contributed by atoms with Crippen molar-refractivity contribution in [1.29, 1.82) is 5.26 Å². The molecule has 4 nitrogen and oxygen atoms in total. The van der Waals surface area contributed by atoms with Crippen molar-refractivity contribution in [2.45, 2.75) is 27.3 Å². The summed E-state index contributed by atoms with van der Waals surface area (Å²) < 4.78 is 0. The molecule has 0 aliphatic carbocycles. The van der Waals surface area contributed by atoms with Crippen LogP contribution in [0.4, 0.5) is 5.69 Å². The van der Waals surface area contributed by atoms with Crippen molar-refractivity contribution in [3.05, 3.63) is 76.5 Å². The average molecular weight is 319 g/mol. The third kappa shape index (κ3) is 4.47. The van der Waals surface area contributed by atoms with Gasteiger partial charge >= 0.3 is 0 Å². The Bertz CT molecular complexity index is 816. The van der Waals surface area contributed by atoms with Gasteiger partial charge in [0.15, 0.2) is 0 Å². The number of carbonyl (C=O) groups is 1. The molecule has 122 valence electrons. The molecule has 0 atom stereocenters. The van der Waals surface area contributed by atoms with Crippen molar-refractivity contribution in [2.75, 3.05) is 5.32 Å². The fraction of sp³-hybridized carbons (Fsp3) is 0.200. The smallest absolute Gasteiger partial charge is 0.267 e. The largest absolute Gasteiger partial charge is 0.386 e. The van der Waals surface area contributed by atoms with Crippen molar-refractivity contribution in [3.63, 3.8) is 0 Å². The lowest BCUT2D eigenvalue weighted by atomic mass is 10.1. The fourth-order valence-electron chi connectivity index (χ4n) is 2.36. The first kappa shape index (κ1) is 17.3. The minimum Gasteiger partial charge on any atom is -0.386 e. The van der Waals surface area contributed by atoms with Crippen LogP contribution in [0.25, 0.3) is 0 Å². The van der Waals surface area contributed by atoms with Gasteiger partial charge in [0.25, 0.3) is 5.91 Å². The van der Waals surface area contributed by atoms with Crippen molar-refractivity contribution >= 4 is 11.6 Å². The van der Waals surface area contributed by atoms with Gasteiger partial charge in [0, 0.05) is 18.4 Å². The molecule has 0 fully saturated rings. The number of nitriles is 1. The maximum Gasteiger partial charge on any atom is 0.267 e. The van der Waals surface area contributed by atoms with Gasteiger partial charge in [-0.2, -0.15) is 5.26 Å². The van der Waals surface area contributed by atoms with E-state index in [0.29, 0.717) is 12.2 Å². The van der Waals surface area contributed by atoms with E-state index >= 15 is 0 Å². The molecule has 0 aromatic heterocycles. The molecule has 0 saturated carbocycles. The monoisotopic (exact) mass is 319 g/mol. The fourth-order valence-corrected chi connectivity index (χ4v) is 2.36. The zero-order valence-electron chi connectivity index (χ0n) is 14.2. The quantitative estimate of drug-likeness (QED) is 0.651. The summed E-state index contributed by atoms with van der Waals surface area (Å²) in [6.07, 6.45) is 1.46. The minimum atomic E-state index is -0.415. The Morgan fingerprint density at radius 3 is 2.54 bits per heavy atom. The topological polar surface area (TPSA) is 64.9 Å². The molecule has 24 heavy (non-hydrogen) atoms. The van der Waals surface area contributed by atoms with E-state index in [-0.39, 0.29) is 5.57 Å². The van der Waals surface area contributed by atoms with Gasteiger partial charge < -0.3 is 10.6 Å². The van der Waals surface area contributed by atoms with E-state index in [1.807, 2.05) is 69.3 Å². The maximum atomic E-state index is 12.2. The highest BCUT2D eigenvalue weighted by atomic mass is 16.1. The lowest BCUT2D eigenvalue weighted by molar-refractivity contribution is -0.112. The Kier molecular flexibility index (Phi) is 5.75. The van der Waals surface area contributed by atoms with Gasteiger partial charge in [0.1, 0.15) is 11.6 Å². The first-order valence-corrected chi connectivity index (χ1v) is 7.78. The highest BCUT2D eigenvalue weighted by Gasteiger charge is 2.10. The van der Waals surface area contributed by atoms with Crippen LogP contribution in [0.3, 0.4) is 0 Å². The predicted molar refractivity (Wildman–Crippen MR) is 96.3 cm³/mol. The van der Waals surface area contributed by atoms with Crippen LogP contribution in [0, 0.1) is 32.1 Å². The Morgan fingerprint density at radius 2 is 1.88 bits per heavy atom. The Balaban J connectivity index is 2.03. The molecule has 0 radical (unpaired) electrons. The molecule has 2 N–H and O–H groups in total. The second-order valence-electron chi connectivity index (χ2n) is 5.75. The first-order chi connectivity index (χ1) is 11.5. The lowest BCUT2D eigenvalue weighted by Gasteiger charge is -2.09. The van der Waals surface area contributed by atoms with Crippen LogP contribution in [-0.4, -0.2) is 5.91 Å². The van der Waals surface area contributed by atoms with Crippen LogP contribution in [0.5, 0.6) is 0 Å². The predicted octanol–water partition coefficient (Wildman–Crippen LogP) is 3.75. The van der Waals surface area contributed by atoms with E-state index in [2.05, 4.69) is 10.6 Å². The van der Waals surface area contributed by atoms with E-state index in [1.54, 1.807) is 0 Å². The summed E-state index contributed by atoms with van der Waals surface area (Å²) in [6.45, 7) is 6.51. The second kappa shape index (κ2) is 7.98. The summed E-state index contributed by atoms with van der Waals surface area (Å²) in [4.78, 5) is 12.2. The van der Waals surface area contributed by atoms with Crippen LogP contribution < -0.4 is 10.6 Å². The average Bonchev–Trinajstić information content (AvgIpc) is 2.55. The van der Waals surface area contributed by atoms with Gasteiger partial charge in [-0.25, -0.2) is 0 Å². The van der Waals surface area contributed by atoms with Crippen molar-refractivity contribution < 1.29 is 4.79 Å². The molecule has 2 rings (SSSR count). The van der Waals surface area contributed by atoms with Gasteiger partial charge in [-0.3, -0.25) is 4.79 Å². The van der Waals surface area contributed by atoms with E-state index in [0.717, 1.165) is 22.3 Å². The number of nitrogens with one attached hydrogen (secondary N) is 2. The molecule has 2 aromatic carbocycles. The highest BCUT2D eigenvalue weighted by Crippen LogP contribution is 2.16. The Hall–Kier alpha value is -3.06. The van der Waals surface area contributed by atoms with Gasteiger partial charge in [0.05, 0.1) is 0 Å². The summed E-state index contributed by atoms with van der Waals surface area (Å²) in [6, 6.07) is 15.7. The SMILES string of the molecule is Cc1ccc(NC(=O)/C(C#N)=C\NCc2ccccc2C)c(C)c1. The Labute approximate surface area is 142 Å². The number of hydrogen-bond acceptors (Lipinski definition) is 3. The molecule has 2 aromatic rings. The van der Waals surface area contributed by atoms with Crippen LogP contribution in [0.2, 0.25) is 0 Å². The summed E-state index contributed by atoms with van der Waals surface area (Å²) in [7, 11) is 0. The zero-order valence-corrected chi connectivity index (χ0v) is 14.2. The molecule has 0 aliphatic rings.